The molecule has 34 heavy (non-hydrogen) atoms. The zero-order valence-electron chi connectivity index (χ0n) is 22.6. The van der Waals surface area contributed by atoms with Crippen LogP contribution in [0.15, 0.2) is 12.2 Å². The third-order valence-corrected chi connectivity index (χ3v) is 13.5. The van der Waals surface area contributed by atoms with Crippen LogP contribution in [0.3, 0.4) is 0 Å². The number of rotatable bonds is 2. The third-order valence-electron chi connectivity index (χ3n) is 13.5. The molecule has 6 unspecified atom stereocenters. The Morgan fingerprint density at radius 3 is 2.12 bits per heavy atom. The van der Waals surface area contributed by atoms with Gasteiger partial charge in [-0.15, -0.1) is 0 Å². The summed E-state index contributed by atoms with van der Waals surface area (Å²) in [6.07, 6.45) is 10.5. The van der Waals surface area contributed by atoms with E-state index in [4.69, 9.17) is 0 Å². The topological polar surface area (TPSA) is 57.5 Å². The van der Waals surface area contributed by atoms with Gasteiger partial charge >= 0.3 is 5.97 Å². The standard InChI is InChI=1S/C30H48O3.Ac/c1-18(2)19-10-15-30(25(32)33)17-16-28(6)20(24(19)30)8-9-22-27(5)13-12-23(31)26(3,4)21(27)11-14-29(22,28)7;/h19-24,31H,1,8-17H2,2-7H3,(H,32,33);/t19-,20?,21?,22?,23?,24?,27-,28+,29+,30?;/m0./s1. The maximum absolute atomic E-state index is 12.8. The molecule has 5 saturated carbocycles. The Balaban J connectivity index is 0.00000274. The van der Waals surface area contributed by atoms with E-state index in [0.29, 0.717) is 23.7 Å². The number of carboxylic acids is 1. The van der Waals surface area contributed by atoms with Crippen LogP contribution < -0.4 is 0 Å². The number of carboxylic acid groups (broad SMARTS) is 1. The fraction of sp³-hybridized carbons (Fsp3) is 0.900. The molecule has 2 N–H and O–H groups in total. The summed E-state index contributed by atoms with van der Waals surface area (Å²) in [4.78, 5) is 12.8. The van der Waals surface area contributed by atoms with E-state index < -0.39 is 11.4 Å². The zero-order chi connectivity index (χ0) is 24.2. The Morgan fingerprint density at radius 1 is 0.824 bits per heavy atom. The fourth-order valence-corrected chi connectivity index (χ4v) is 11.5. The normalized spacial score (nSPS) is 53.4. The van der Waals surface area contributed by atoms with Crippen molar-refractivity contribution in [1.29, 1.82) is 0 Å². The summed E-state index contributed by atoms with van der Waals surface area (Å²) in [6.45, 7) is 18.8. The largest absolute Gasteiger partial charge is 0.481 e. The minimum atomic E-state index is -0.538. The van der Waals surface area contributed by atoms with Gasteiger partial charge in [-0.05, 0) is 122 Å². The van der Waals surface area contributed by atoms with E-state index in [1.807, 2.05) is 0 Å². The third kappa shape index (κ3) is 3.28. The maximum Gasteiger partial charge on any atom is 0.309 e. The molecule has 0 spiro atoms. The molecule has 5 fully saturated rings. The molecule has 5 rings (SSSR count). The molecule has 189 valence electrons. The number of aliphatic hydroxyl groups excluding tert-OH is 1. The van der Waals surface area contributed by atoms with Gasteiger partial charge in [0.15, 0.2) is 0 Å². The Labute approximate surface area is 243 Å². The van der Waals surface area contributed by atoms with Gasteiger partial charge in [-0.3, -0.25) is 4.79 Å². The van der Waals surface area contributed by atoms with E-state index in [-0.39, 0.29) is 77.7 Å². The van der Waals surface area contributed by atoms with Gasteiger partial charge in [0.05, 0.1) is 11.5 Å². The van der Waals surface area contributed by atoms with Crippen molar-refractivity contribution in [2.24, 2.45) is 56.7 Å². The smallest absolute Gasteiger partial charge is 0.309 e. The van der Waals surface area contributed by atoms with Crippen molar-refractivity contribution in [2.75, 3.05) is 0 Å². The molecule has 3 nitrogen and oxygen atoms in total. The zero-order valence-corrected chi connectivity index (χ0v) is 27.4. The van der Waals surface area contributed by atoms with Crippen LogP contribution in [-0.4, -0.2) is 22.3 Å². The van der Waals surface area contributed by atoms with Crippen molar-refractivity contribution < 1.29 is 59.1 Å². The van der Waals surface area contributed by atoms with E-state index >= 15 is 0 Å². The summed E-state index contributed by atoms with van der Waals surface area (Å²) in [5.74, 6) is 1.79. The molecule has 0 aliphatic heterocycles. The second-order valence-corrected chi connectivity index (χ2v) is 14.5. The predicted molar refractivity (Wildman–Crippen MR) is 133 cm³/mol. The monoisotopic (exact) mass is 683 g/mol. The first-order valence-electron chi connectivity index (χ1n) is 13.8. The van der Waals surface area contributed by atoms with E-state index in [0.717, 1.165) is 38.5 Å². The quantitative estimate of drug-likeness (QED) is 0.306. The van der Waals surface area contributed by atoms with Gasteiger partial charge in [-0.25, -0.2) is 0 Å². The van der Waals surface area contributed by atoms with Gasteiger partial charge in [0, 0.05) is 44.1 Å². The predicted octanol–water partition coefficient (Wildman–Crippen LogP) is 7.09. The summed E-state index contributed by atoms with van der Waals surface area (Å²) >= 11 is 0. The Hall–Kier alpha value is 0.612. The average molecular weight is 684 g/mol. The van der Waals surface area contributed by atoms with Gasteiger partial charge in [0.25, 0.3) is 0 Å². The van der Waals surface area contributed by atoms with Crippen molar-refractivity contribution in [1.82, 2.24) is 0 Å². The fourth-order valence-electron chi connectivity index (χ4n) is 11.5. The molecule has 0 aromatic rings. The Bertz CT molecular complexity index is 867. The number of aliphatic carboxylic acids is 1. The van der Waals surface area contributed by atoms with E-state index in [9.17, 15) is 15.0 Å². The molecule has 0 heterocycles. The van der Waals surface area contributed by atoms with Crippen molar-refractivity contribution in [3.05, 3.63) is 12.2 Å². The van der Waals surface area contributed by atoms with Crippen molar-refractivity contribution in [3.63, 3.8) is 0 Å². The van der Waals surface area contributed by atoms with Crippen molar-refractivity contribution >= 4 is 5.97 Å². The molecule has 5 aliphatic carbocycles. The number of hydrogen-bond donors (Lipinski definition) is 2. The number of carbonyl (C=O) groups is 1. The summed E-state index contributed by atoms with van der Waals surface area (Å²) in [5, 5.41) is 21.4. The van der Waals surface area contributed by atoms with E-state index in [2.05, 4.69) is 48.1 Å². The summed E-state index contributed by atoms with van der Waals surface area (Å²) in [5.41, 5.74) is 1.35. The Morgan fingerprint density at radius 2 is 1.50 bits per heavy atom. The first-order valence-corrected chi connectivity index (χ1v) is 13.8. The molecular weight excluding hydrogens is 635 g/mol. The van der Waals surface area contributed by atoms with E-state index in [1.54, 1.807) is 0 Å². The van der Waals surface area contributed by atoms with Crippen LogP contribution >= 0.6 is 0 Å². The van der Waals surface area contributed by atoms with Crippen LogP contribution in [-0.2, 0) is 4.79 Å². The summed E-state index contributed by atoms with van der Waals surface area (Å²) < 4.78 is 0. The second-order valence-electron chi connectivity index (χ2n) is 14.5. The molecular formula is C30H48AcO3. The van der Waals surface area contributed by atoms with Crippen LogP contribution in [0.1, 0.15) is 106 Å². The van der Waals surface area contributed by atoms with E-state index in [1.165, 1.54) is 31.3 Å². The molecule has 0 saturated heterocycles. The minimum absolute atomic E-state index is 0. The summed E-state index contributed by atoms with van der Waals surface area (Å²) in [6, 6.07) is 0. The number of allylic oxidation sites excluding steroid dienone is 1. The Kier molecular flexibility index (Phi) is 6.96. The SMILES string of the molecule is C=C(C)[C@@H]1CCC2(C(=O)O)CC[C@]3(C)C(CCC4[C@@]5(C)CCC(O)C(C)(C)C5CC[C@]43C)C12.[Ac]. The van der Waals surface area contributed by atoms with Gasteiger partial charge < -0.3 is 10.2 Å². The number of hydrogen-bond acceptors (Lipinski definition) is 2. The molecule has 10 atom stereocenters. The van der Waals surface area contributed by atoms with Crippen LogP contribution in [0.4, 0.5) is 0 Å². The van der Waals surface area contributed by atoms with Crippen LogP contribution in [0.2, 0.25) is 0 Å². The summed E-state index contributed by atoms with van der Waals surface area (Å²) in [7, 11) is 0. The number of aliphatic hydroxyl groups is 1. The molecule has 0 bridgehead atoms. The molecule has 0 aromatic heterocycles. The molecule has 0 amide bonds. The molecule has 1 radical (unpaired) electrons. The molecule has 0 aromatic carbocycles. The second kappa shape index (κ2) is 8.56. The van der Waals surface area contributed by atoms with Crippen molar-refractivity contribution in [2.45, 2.75) is 112 Å². The van der Waals surface area contributed by atoms with Gasteiger partial charge in [-0.1, -0.05) is 46.8 Å². The van der Waals surface area contributed by atoms with Crippen LogP contribution in [0, 0.1) is 101 Å². The number of fused-ring (bicyclic) bond motifs is 7. The van der Waals surface area contributed by atoms with Crippen molar-refractivity contribution in [3.8, 4) is 0 Å². The first-order chi connectivity index (χ1) is 15.3. The molecule has 5 aliphatic rings. The van der Waals surface area contributed by atoms with Gasteiger partial charge in [-0.2, -0.15) is 0 Å². The average Bonchev–Trinajstić information content (AvgIpc) is 3.13. The first kappa shape index (κ1) is 27.6. The van der Waals surface area contributed by atoms with Crippen LogP contribution in [0.25, 0.3) is 0 Å². The maximum atomic E-state index is 12.8. The van der Waals surface area contributed by atoms with Gasteiger partial charge in [0.1, 0.15) is 0 Å². The minimum Gasteiger partial charge on any atom is -0.481 e. The molecule has 4 heteroatoms. The van der Waals surface area contributed by atoms with Crippen LogP contribution in [0.5, 0.6) is 0 Å². The van der Waals surface area contributed by atoms with Gasteiger partial charge in [0.2, 0.25) is 0 Å².